The van der Waals surface area contributed by atoms with Gasteiger partial charge in [-0.2, -0.15) is 0 Å². The molecule has 0 saturated carbocycles. The summed E-state index contributed by atoms with van der Waals surface area (Å²) in [6.07, 6.45) is 3.24. The van der Waals surface area contributed by atoms with Gasteiger partial charge in [-0.25, -0.2) is 0 Å². The quantitative estimate of drug-likeness (QED) is 0.637. The minimum absolute atomic E-state index is 0.0603. The third-order valence-corrected chi connectivity index (χ3v) is 4.52. The van der Waals surface area contributed by atoms with Gasteiger partial charge < -0.3 is 19.7 Å². The first kappa shape index (κ1) is 21.2. The van der Waals surface area contributed by atoms with E-state index in [9.17, 15) is 9.59 Å². The number of benzene rings is 1. The van der Waals surface area contributed by atoms with Crippen molar-refractivity contribution in [3.63, 3.8) is 0 Å². The molecular formula is C21H32N2O4. The first-order chi connectivity index (χ1) is 12.8. The van der Waals surface area contributed by atoms with E-state index in [0.29, 0.717) is 25.4 Å². The lowest BCUT2D eigenvalue weighted by Crippen LogP contribution is -2.53. The zero-order valence-electron chi connectivity index (χ0n) is 17.0. The molecule has 1 aromatic rings. The van der Waals surface area contributed by atoms with E-state index >= 15 is 0 Å². The average Bonchev–Trinajstić information content (AvgIpc) is 2.62. The summed E-state index contributed by atoms with van der Waals surface area (Å²) in [4.78, 5) is 26.6. The number of hydrogen-bond donors (Lipinski definition) is 1. The Labute approximate surface area is 162 Å². The first-order valence-electron chi connectivity index (χ1n) is 9.81. The van der Waals surface area contributed by atoms with Crippen LogP contribution >= 0.6 is 0 Å². The number of unbranched alkanes of at least 4 members (excludes halogenated alkanes) is 1. The molecule has 1 aliphatic rings. The lowest BCUT2D eigenvalue weighted by molar-refractivity contribution is -0.132. The van der Waals surface area contributed by atoms with Gasteiger partial charge in [-0.3, -0.25) is 9.59 Å². The van der Waals surface area contributed by atoms with Gasteiger partial charge in [0.2, 0.25) is 5.91 Å². The van der Waals surface area contributed by atoms with Crippen LogP contribution in [-0.2, 0) is 14.3 Å². The second-order valence-corrected chi connectivity index (χ2v) is 7.46. The number of amides is 2. The molecule has 0 spiro atoms. The van der Waals surface area contributed by atoms with Crippen molar-refractivity contribution >= 4 is 17.5 Å². The molecule has 1 N–H and O–H groups in total. The van der Waals surface area contributed by atoms with Crippen LogP contribution in [0.25, 0.3) is 0 Å². The van der Waals surface area contributed by atoms with Crippen molar-refractivity contribution in [2.45, 2.75) is 59.0 Å². The number of hydrogen-bond acceptors (Lipinski definition) is 4. The molecule has 0 saturated heterocycles. The number of fused-ring (bicyclic) bond motifs is 1. The molecule has 0 fully saturated rings. The minimum atomic E-state index is -0.936. The SMILES string of the molecule is CCCCOCCCNC(=O)CCN1C(=O)C(C)(C)Oc2ccc(C)cc21. The number of rotatable bonds is 10. The Hall–Kier alpha value is -2.08. The number of carbonyl (C=O) groups is 2. The number of ether oxygens (including phenoxy) is 2. The summed E-state index contributed by atoms with van der Waals surface area (Å²) in [5, 5.41) is 2.90. The average molecular weight is 376 g/mol. The molecule has 0 radical (unpaired) electrons. The van der Waals surface area contributed by atoms with Crippen LogP contribution in [0.4, 0.5) is 5.69 Å². The molecule has 2 amide bonds. The van der Waals surface area contributed by atoms with Crippen LogP contribution in [0, 0.1) is 6.92 Å². The topological polar surface area (TPSA) is 67.9 Å². The molecule has 0 atom stereocenters. The summed E-state index contributed by atoms with van der Waals surface area (Å²) >= 11 is 0. The highest BCUT2D eigenvalue weighted by Crippen LogP contribution is 2.38. The van der Waals surface area contributed by atoms with Gasteiger partial charge in [-0.05, 0) is 51.3 Å². The van der Waals surface area contributed by atoms with Gasteiger partial charge in [-0.15, -0.1) is 0 Å². The largest absolute Gasteiger partial charge is 0.476 e. The van der Waals surface area contributed by atoms with E-state index in [4.69, 9.17) is 9.47 Å². The van der Waals surface area contributed by atoms with E-state index in [1.807, 2.05) is 25.1 Å². The molecule has 6 heteroatoms. The highest BCUT2D eigenvalue weighted by atomic mass is 16.5. The fourth-order valence-electron chi connectivity index (χ4n) is 2.95. The summed E-state index contributed by atoms with van der Waals surface area (Å²) in [7, 11) is 0. The Morgan fingerprint density at radius 3 is 2.74 bits per heavy atom. The van der Waals surface area contributed by atoms with Gasteiger partial charge in [0.25, 0.3) is 5.91 Å². The van der Waals surface area contributed by atoms with E-state index in [-0.39, 0.29) is 18.2 Å². The van der Waals surface area contributed by atoms with Gasteiger partial charge in [0.15, 0.2) is 5.60 Å². The maximum Gasteiger partial charge on any atom is 0.270 e. The number of carbonyl (C=O) groups excluding carboxylic acids is 2. The molecule has 0 bridgehead atoms. The van der Waals surface area contributed by atoms with Crippen molar-refractivity contribution in [2.75, 3.05) is 31.2 Å². The first-order valence-corrected chi connectivity index (χ1v) is 9.81. The van der Waals surface area contributed by atoms with Crippen LogP contribution in [0.1, 0.15) is 52.0 Å². The fourth-order valence-corrected chi connectivity index (χ4v) is 2.95. The summed E-state index contributed by atoms with van der Waals surface area (Å²) in [5.74, 6) is 0.488. The van der Waals surface area contributed by atoms with Crippen molar-refractivity contribution in [2.24, 2.45) is 0 Å². The molecule has 1 heterocycles. The molecule has 27 heavy (non-hydrogen) atoms. The smallest absolute Gasteiger partial charge is 0.270 e. The van der Waals surface area contributed by atoms with E-state index in [0.717, 1.165) is 37.1 Å². The summed E-state index contributed by atoms with van der Waals surface area (Å²) in [6.45, 7) is 9.96. The van der Waals surface area contributed by atoms with Gasteiger partial charge in [0, 0.05) is 32.7 Å². The van der Waals surface area contributed by atoms with Crippen molar-refractivity contribution < 1.29 is 19.1 Å². The van der Waals surface area contributed by atoms with Crippen molar-refractivity contribution in [3.8, 4) is 5.75 Å². The monoisotopic (exact) mass is 376 g/mol. The lowest BCUT2D eigenvalue weighted by Gasteiger charge is -2.38. The standard InChI is InChI=1S/C21H32N2O4/c1-5-6-13-26-14-7-11-22-19(24)10-12-23-17-15-16(2)8-9-18(17)27-21(3,4)20(23)25/h8-9,15H,5-7,10-14H2,1-4H3,(H,22,24). The number of anilines is 1. The van der Waals surface area contributed by atoms with Gasteiger partial charge in [0.1, 0.15) is 5.75 Å². The van der Waals surface area contributed by atoms with Crippen molar-refractivity contribution in [1.82, 2.24) is 5.32 Å². The van der Waals surface area contributed by atoms with Crippen LogP contribution in [0.2, 0.25) is 0 Å². The zero-order chi connectivity index (χ0) is 19.9. The Morgan fingerprint density at radius 2 is 2.00 bits per heavy atom. The Bertz CT molecular complexity index is 658. The number of nitrogens with one attached hydrogen (secondary N) is 1. The van der Waals surface area contributed by atoms with E-state index in [1.165, 1.54) is 0 Å². The van der Waals surface area contributed by atoms with Crippen LogP contribution in [0.5, 0.6) is 5.75 Å². The highest BCUT2D eigenvalue weighted by molar-refractivity contribution is 6.02. The van der Waals surface area contributed by atoms with Crippen LogP contribution < -0.4 is 15.0 Å². The Balaban J connectivity index is 1.84. The number of aryl methyl sites for hydroxylation is 1. The zero-order valence-corrected chi connectivity index (χ0v) is 17.0. The van der Waals surface area contributed by atoms with Gasteiger partial charge in [0.05, 0.1) is 5.69 Å². The highest BCUT2D eigenvalue weighted by Gasteiger charge is 2.40. The molecule has 150 valence electrons. The molecule has 1 aromatic carbocycles. The second kappa shape index (κ2) is 9.74. The second-order valence-electron chi connectivity index (χ2n) is 7.46. The molecule has 0 unspecified atom stereocenters. The van der Waals surface area contributed by atoms with E-state index in [1.54, 1.807) is 18.7 Å². The molecular weight excluding hydrogens is 344 g/mol. The van der Waals surface area contributed by atoms with Gasteiger partial charge >= 0.3 is 0 Å². The molecule has 0 aliphatic carbocycles. The maximum absolute atomic E-state index is 12.8. The lowest BCUT2D eigenvalue weighted by atomic mass is 10.0. The third-order valence-electron chi connectivity index (χ3n) is 4.52. The predicted molar refractivity (Wildman–Crippen MR) is 106 cm³/mol. The van der Waals surface area contributed by atoms with Crippen LogP contribution in [0.15, 0.2) is 18.2 Å². The van der Waals surface area contributed by atoms with Crippen molar-refractivity contribution in [1.29, 1.82) is 0 Å². The fraction of sp³-hybridized carbons (Fsp3) is 0.619. The van der Waals surface area contributed by atoms with E-state index in [2.05, 4.69) is 12.2 Å². The molecule has 2 rings (SSSR count). The van der Waals surface area contributed by atoms with Crippen LogP contribution in [-0.4, -0.2) is 43.7 Å². The van der Waals surface area contributed by atoms with Crippen molar-refractivity contribution in [3.05, 3.63) is 23.8 Å². The molecule has 1 aliphatic heterocycles. The molecule has 0 aromatic heterocycles. The van der Waals surface area contributed by atoms with Crippen LogP contribution in [0.3, 0.4) is 0 Å². The summed E-state index contributed by atoms with van der Waals surface area (Å²) in [5.41, 5.74) is 0.841. The predicted octanol–water partition coefficient (Wildman–Crippen LogP) is 3.21. The Kier molecular flexibility index (Phi) is 7.66. The third kappa shape index (κ3) is 5.96. The molecule has 6 nitrogen and oxygen atoms in total. The number of nitrogens with zero attached hydrogens (tertiary/aromatic N) is 1. The van der Waals surface area contributed by atoms with E-state index < -0.39 is 5.60 Å². The van der Waals surface area contributed by atoms with Gasteiger partial charge in [-0.1, -0.05) is 19.4 Å². The Morgan fingerprint density at radius 1 is 1.26 bits per heavy atom. The minimum Gasteiger partial charge on any atom is -0.476 e. The summed E-state index contributed by atoms with van der Waals surface area (Å²) in [6, 6.07) is 5.76. The summed E-state index contributed by atoms with van der Waals surface area (Å²) < 4.78 is 11.3. The normalized spacial score (nSPS) is 15.3. The maximum atomic E-state index is 12.8.